The molecular weight excluding hydrogens is 564 g/mol. The number of fused-ring (bicyclic) bond motifs is 1. The van der Waals surface area contributed by atoms with Crippen LogP contribution >= 0.6 is 0 Å². The summed E-state index contributed by atoms with van der Waals surface area (Å²) in [5, 5.41) is 15.7. The lowest BCUT2D eigenvalue weighted by atomic mass is 9.93. The number of guanidine groups is 1. The molecule has 2 aromatic rings. The average molecular weight is 609 g/mol. The Morgan fingerprint density at radius 3 is 2.32 bits per heavy atom. The van der Waals surface area contributed by atoms with Gasteiger partial charge < -0.3 is 38.1 Å². The van der Waals surface area contributed by atoms with Crippen molar-refractivity contribution in [3.8, 4) is 0 Å². The van der Waals surface area contributed by atoms with Crippen LogP contribution in [-0.2, 0) is 24.0 Å². The highest BCUT2D eigenvalue weighted by Gasteiger charge is 2.39. The van der Waals surface area contributed by atoms with Gasteiger partial charge in [0.1, 0.15) is 23.7 Å². The summed E-state index contributed by atoms with van der Waals surface area (Å²) in [6.07, 6.45) is 0.757. The molecule has 1 saturated heterocycles. The highest BCUT2D eigenvalue weighted by molar-refractivity contribution is 5.97. The van der Waals surface area contributed by atoms with Crippen LogP contribution in [0.15, 0.2) is 47.5 Å². The van der Waals surface area contributed by atoms with Gasteiger partial charge in [-0.15, -0.1) is 0 Å². The van der Waals surface area contributed by atoms with Gasteiger partial charge in [0.05, 0.1) is 0 Å². The van der Waals surface area contributed by atoms with E-state index in [9.17, 15) is 24.0 Å². The molecule has 1 aliphatic heterocycles. The number of hydrogen-bond donors (Lipinski definition) is 7. The molecule has 0 saturated carbocycles. The van der Waals surface area contributed by atoms with Crippen LogP contribution < -0.4 is 38.1 Å². The molecule has 2 aromatic carbocycles. The first-order chi connectivity index (χ1) is 20.8. The maximum atomic E-state index is 13.7. The van der Waals surface area contributed by atoms with Crippen molar-refractivity contribution in [2.45, 2.75) is 77.0 Å². The molecule has 4 atom stereocenters. The number of nitrogens with one attached hydrogen (secondary N) is 5. The van der Waals surface area contributed by atoms with E-state index in [-0.39, 0.29) is 44.2 Å². The summed E-state index contributed by atoms with van der Waals surface area (Å²) in [6.45, 7) is 6.89. The Hall–Kier alpha value is -4.68. The number of nitrogens with zero attached hydrogens (tertiary/aromatic N) is 1. The summed E-state index contributed by atoms with van der Waals surface area (Å²) < 4.78 is 0. The number of benzene rings is 2. The number of rotatable bonds is 8. The Kier molecular flexibility index (Phi) is 11.7. The van der Waals surface area contributed by atoms with Gasteiger partial charge in [-0.1, -0.05) is 57.2 Å². The molecule has 0 bridgehead atoms. The molecule has 0 spiro atoms. The maximum Gasteiger partial charge on any atom is 0.247 e. The molecule has 3 rings (SSSR count). The highest BCUT2D eigenvalue weighted by atomic mass is 16.2. The van der Waals surface area contributed by atoms with E-state index in [4.69, 9.17) is 11.5 Å². The summed E-state index contributed by atoms with van der Waals surface area (Å²) >= 11 is 0. The number of carbonyl (C=O) groups is 5. The van der Waals surface area contributed by atoms with E-state index in [2.05, 4.69) is 31.6 Å². The Labute approximate surface area is 257 Å². The number of amides is 5. The minimum atomic E-state index is -1.47. The quantitative estimate of drug-likeness (QED) is 0.128. The first kappa shape index (κ1) is 33.8. The zero-order chi connectivity index (χ0) is 32.4. The van der Waals surface area contributed by atoms with E-state index in [1.807, 2.05) is 36.4 Å². The van der Waals surface area contributed by atoms with Crippen LogP contribution in [0.3, 0.4) is 0 Å². The van der Waals surface area contributed by atoms with E-state index in [1.54, 1.807) is 33.8 Å². The van der Waals surface area contributed by atoms with Crippen LogP contribution in [0.5, 0.6) is 0 Å². The molecule has 44 heavy (non-hydrogen) atoms. The van der Waals surface area contributed by atoms with E-state index in [1.165, 1.54) is 0 Å². The van der Waals surface area contributed by atoms with Gasteiger partial charge in [-0.3, -0.25) is 29.0 Å². The number of hydrogen-bond acceptors (Lipinski definition) is 6. The van der Waals surface area contributed by atoms with Gasteiger partial charge in [-0.2, -0.15) is 0 Å². The second-order valence-electron chi connectivity index (χ2n) is 11.5. The summed E-state index contributed by atoms with van der Waals surface area (Å²) in [6, 6.07) is 9.97. The lowest BCUT2D eigenvalue weighted by molar-refractivity contribution is -0.138. The van der Waals surface area contributed by atoms with Crippen molar-refractivity contribution in [3.63, 3.8) is 0 Å². The second-order valence-corrected chi connectivity index (χ2v) is 11.5. The van der Waals surface area contributed by atoms with E-state index >= 15 is 0 Å². The molecular formula is C31H44N8O5. The molecule has 0 radical (unpaired) electrons. The highest BCUT2D eigenvalue weighted by Crippen LogP contribution is 2.22. The average Bonchev–Trinajstić information content (AvgIpc) is 2.98. The summed E-state index contributed by atoms with van der Waals surface area (Å²) in [5.74, 6) is -3.13. The topological polar surface area (TPSA) is 210 Å². The Balaban J connectivity index is 1.99. The fraction of sp³-hybridized carbons (Fsp3) is 0.484. The molecule has 1 fully saturated rings. The van der Waals surface area contributed by atoms with Gasteiger partial charge in [0.2, 0.25) is 29.5 Å². The molecule has 5 amide bonds. The Morgan fingerprint density at radius 1 is 0.977 bits per heavy atom. The van der Waals surface area contributed by atoms with Crippen molar-refractivity contribution < 1.29 is 24.0 Å². The van der Waals surface area contributed by atoms with Crippen molar-refractivity contribution in [1.29, 1.82) is 0 Å². The summed E-state index contributed by atoms with van der Waals surface area (Å²) in [4.78, 5) is 70.9. The van der Waals surface area contributed by atoms with Crippen molar-refractivity contribution in [3.05, 3.63) is 48.0 Å². The van der Waals surface area contributed by atoms with E-state index < -0.39 is 53.2 Å². The van der Waals surface area contributed by atoms with Gasteiger partial charge in [-0.25, -0.2) is 0 Å². The minimum Gasteiger partial charge on any atom is -0.370 e. The van der Waals surface area contributed by atoms with Gasteiger partial charge in [0, 0.05) is 19.0 Å². The molecule has 1 heterocycles. The zero-order valence-corrected chi connectivity index (χ0v) is 25.7. The molecule has 0 aromatic heterocycles. The number of carbonyl (C=O) groups excluding carboxylic acids is 5. The molecule has 13 heteroatoms. The second kappa shape index (κ2) is 15.2. The SMILES string of the molecule is CC[C@@H]1NC(=O)[C@H](CCCN=C(N)N)NC(=O)[C@](C)(NC(=O)C(C)C)CCNC(=O)[C@@H](c2ccc3ccccc3c2)NC1=O. The van der Waals surface area contributed by atoms with Gasteiger partial charge >= 0.3 is 0 Å². The van der Waals surface area contributed by atoms with Crippen LogP contribution in [0.1, 0.15) is 65.0 Å². The third kappa shape index (κ3) is 8.91. The molecule has 0 aliphatic carbocycles. The number of aliphatic imine (C=N–C) groups is 1. The smallest absolute Gasteiger partial charge is 0.247 e. The molecule has 0 unspecified atom stereocenters. The van der Waals surface area contributed by atoms with Crippen LogP contribution in [0.2, 0.25) is 0 Å². The van der Waals surface area contributed by atoms with Crippen molar-refractivity contribution in [2.75, 3.05) is 13.1 Å². The van der Waals surface area contributed by atoms with Gasteiger partial charge in [-0.05, 0) is 55.0 Å². The minimum absolute atomic E-state index is 0.000356. The van der Waals surface area contributed by atoms with E-state index in [0.29, 0.717) is 12.0 Å². The summed E-state index contributed by atoms with van der Waals surface area (Å²) in [7, 11) is 0. The Bertz CT molecular complexity index is 1410. The maximum absolute atomic E-state index is 13.7. The van der Waals surface area contributed by atoms with Crippen LogP contribution in [0, 0.1) is 5.92 Å². The number of nitrogens with two attached hydrogens (primary N) is 2. The monoisotopic (exact) mass is 608 g/mol. The lowest BCUT2D eigenvalue weighted by Crippen LogP contribution is -2.63. The van der Waals surface area contributed by atoms with Crippen LogP contribution in [-0.4, -0.2) is 66.2 Å². The third-order valence-electron chi connectivity index (χ3n) is 7.61. The van der Waals surface area contributed by atoms with E-state index in [0.717, 1.165) is 10.8 Å². The first-order valence-corrected chi connectivity index (χ1v) is 14.9. The molecule has 9 N–H and O–H groups in total. The molecule has 238 valence electrons. The standard InChI is InChI=1S/C31H44N8O5/c1-5-22-26(41)38-24(21-13-12-19-9-6-7-10-20(19)17-21)28(43)34-16-14-31(4,39-25(40)18(2)3)29(44)37-23(27(42)36-22)11-8-15-35-30(32)33/h6-7,9-10,12-13,17-18,22-24H,5,8,11,14-16H2,1-4H3,(H,34,43)(H,36,42)(H,37,44)(H,38,41)(H,39,40)(H4,32,33,35)/t22-,23-,24+,31+/m0/s1. The predicted molar refractivity (Wildman–Crippen MR) is 168 cm³/mol. The fourth-order valence-electron chi connectivity index (χ4n) is 4.83. The predicted octanol–water partition coefficient (Wildman–Crippen LogP) is 0.481. The normalized spacial score (nSPS) is 23.5. The lowest BCUT2D eigenvalue weighted by Gasteiger charge is -2.33. The van der Waals surface area contributed by atoms with Gasteiger partial charge in [0.15, 0.2) is 5.96 Å². The van der Waals surface area contributed by atoms with Crippen LogP contribution in [0.25, 0.3) is 10.8 Å². The van der Waals surface area contributed by atoms with Crippen molar-refractivity contribution >= 4 is 46.3 Å². The fourth-order valence-corrected chi connectivity index (χ4v) is 4.83. The largest absolute Gasteiger partial charge is 0.370 e. The van der Waals surface area contributed by atoms with Crippen molar-refractivity contribution in [1.82, 2.24) is 26.6 Å². The zero-order valence-electron chi connectivity index (χ0n) is 25.7. The summed E-state index contributed by atoms with van der Waals surface area (Å²) in [5.41, 5.74) is 9.91. The molecule has 1 aliphatic rings. The Morgan fingerprint density at radius 2 is 1.66 bits per heavy atom. The van der Waals surface area contributed by atoms with Crippen molar-refractivity contribution in [2.24, 2.45) is 22.4 Å². The van der Waals surface area contributed by atoms with Gasteiger partial charge in [0.25, 0.3) is 0 Å². The molecule has 13 nitrogen and oxygen atoms in total. The van der Waals surface area contributed by atoms with Crippen LogP contribution in [0.4, 0.5) is 0 Å². The third-order valence-corrected chi connectivity index (χ3v) is 7.61. The first-order valence-electron chi connectivity index (χ1n) is 14.9.